The lowest BCUT2D eigenvalue weighted by Crippen LogP contribution is -2.43. The highest BCUT2D eigenvalue weighted by Gasteiger charge is 2.22. The van der Waals surface area contributed by atoms with E-state index in [4.69, 9.17) is 4.74 Å². The number of benzene rings is 2. The topological polar surface area (TPSA) is 96.5 Å². The number of nitrogens with one attached hydrogen (secondary N) is 3. The van der Waals surface area contributed by atoms with Gasteiger partial charge in [0.1, 0.15) is 0 Å². The van der Waals surface area contributed by atoms with Gasteiger partial charge in [0.15, 0.2) is 6.10 Å². The molecule has 0 aliphatic heterocycles. The maximum atomic E-state index is 12.5. The first-order valence-electron chi connectivity index (χ1n) is 8.49. The standard InChI is InChI=1S/C20H23N3O4/c1-12-8-7-11-16(13(12)2)22-17-10-6-5-9-15(17)19(25)27-14(3)18(24)23-20(26)21-4/h5-11,14,22H,1-4H3,(H2,21,23,24,26)/t14-/m0/s1. The SMILES string of the molecule is CNC(=O)NC(=O)[C@H](C)OC(=O)c1ccccc1Nc1cccc(C)c1C. The van der Waals surface area contributed by atoms with E-state index in [1.54, 1.807) is 24.3 Å². The monoisotopic (exact) mass is 369 g/mol. The van der Waals surface area contributed by atoms with Crippen LogP contribution in [0.5, 0.6) is 0 Å². The van der Waals surface area contributed by atoms with Crippen LogP contribution in [0, 0.1) is 13.8 Å². The van der Waals surface area contributed by atoms with Crippen molar-refractivity contribution >= 4 is 29.3 Å². The number of amides is 3. The molecule has 0 fully saturated rings. The number of hydrogen-bond donors (Lipinski definition) is 3. The van der Waals surface area contributed by atoms with E-state index < -0.39 is 24.0 Å². The van der Waals surface area contributed by atoms with Crippen LogP contribution in [-0.2, 0) is 9.53 Å². The summed E-state index contributed by atoms with van der Waals surface area (Å²) in [6.07, 6.45) is -1.12. The molecule has 0 heterocycles. The molecule has 142 valence electrons. The molecule has 3 N–H and O–H groups in total. The number of ether oxygens (including phenoxy) is 1. The molecule has 2 aromatic carbocycles. The maximum absolute atomic E-state index is 12.5. The summed E-state index contributed by atoms with van der Waals surface area (Å²) in [5, 5.41) is 7.57. The number of para-hydroxylation sites is 1. The van der Waals surface area contributed by atoms with Crippen LogP contribution in [0.3, 0.4) is 0 Å². The lowest BCUT2D eigenvalue weighted by atomic mass is 10.1. The Kier molecular flexibility index (Phi) is 6.54. The van der Waals surface area contributed by atoms with Gasteiger partial charge in [0.2, 0.25) is 0 Å². The Bertz CT molecular complexity index is 864. The van der Waals surface area contributed by atoms with Gasteiger partial charge in [-0.05, 0) is 50.1 Å². The molecule has 0 aliphatic rings. The molecule has 2 aromatic rings. The fraction of sp³-hybridized carbons (Fsp3) is 0.250. The largest absolute Gasteiger partial charge is 0.449 e. The number of urea groups is 1. The second-order valence-electron chi connectivity index (χ2n) is 6.03. The molecule has 0 spiro atoms. The Balaban J connectivity index is 2.17. The molecule has 3 amide bonds. The van der Waals surface area contributed by atoms with Gasteiger partial charge in [-0.1, -0.05) is 24.3 Å². The van der Waals surface area contributed by atoms with Crippen molar-refractivity contribution in [1.82, 2.24) is 10.6 Å². The Morgan fingerprint density at radius 1 is 0.963 bits per heavy atom. The molecule has 7 heteroatoms. The number of aryl methyl sites for hydroxylation is 1. The Hall–Kier alpha value is -3.35. The van der Waals surface area contributed by atoms with E-state index in [9.17, 15) is 14.4 Å². The molecule has 0 aliphatic carbocycles. The van der Waals surface area contributed by atoms with E-state index in [1.807, 2.05) is 32.0 Å². The molecule has 0 aromatic heterocycles. The molecule has 27 heavy (non-hydrogen) atoms. The Morgan fingerprint density at radius 2 is 1.63 bits per heavy atom. The third kappa shape index (κ3) is 5.07. The third-order valence-electron chi connectivity index (χ3n) is 4.14. The Labute approximate surface area is 158 Å². The average molecular weight is 369 g/mol. The van der Waals surface area contributed by atoms with Gasteiger partial charge in [0.05, 0.1) is 11.3 Å². The first-order valence-corrected chi connectivity index (χ1v) is 8.49. The fourth-order valence-corrected chi connectivity index (χ4v) is 2.36. The van der Waals surface area contributed by atoms with Crippen molar-refractivity contribution < 1.29 is 19.1 Å². The quantitative estimate of drug-likeness (QED) is 0.704. The summed E-state index contributed by atoms with van der Waals surface area (Å²) < 4.78 is 5.20. The summed E-state index contributed by atoms with van der Waals surface area (Å²) in [6.45, 7) is 5.40. The summed E-state index contributed by atoms with van der Waals surface area (Å²) in [5.41, 5.74) is 3.92. The van der Waals surface area contributed by atoms with Gasteiger partial charge in [0, 0.05) is 12.7 Å². The van der Waals surface area contributed by atoms with Gasteiger partial charge >= 0.3 is 12.0 Å². The van der Waals surface area contributed by atoms with E-state index >= 15 is 0 Å². The van der Waals surface area contributed by atoms with E-state index in [0.29, 0.717) is 5.69 Å². The van der Waals surface area contributed by atoms with Gasteiger partial charge in [0.25, 0.3) is 5.91 Å². The highest BCUT2D eigenvalue weighted by atomic mass is 16.5. The van der Waals surface area contributed by atoms with Crippen LogP contribution in [0.25, 0.3) is 0 Å². The minimum absolute atomic E-state index is 0.290. The van der Waals surface area contributed by atoms with E-state index in [0.717, 1.165) is 16.8 Å². The van der Waals surface area contributed by atoms with Crippen molar-refractivity contribution in [2.75, 3.05) is 12.4 Å². The predicted molar refractivity (Wildman–Crippen MR) is 103 cm³/mol. The lowest BCUT2D eigenvalue weighted by Gasteiger charge is -2.16. The average Bonchev–Trinajstić information content (AvgIpc) is 2.65. The highest BCUT2D eigenvalue weighted by Crippen LogP contribution is 2.25. The van der Waals surface area contributed by atoms with Crippen molar-refractivity contribution in [1.29, 1.82) is 0 Å². The first kappa shape index (κ1) is 20.0. The zero-order valence-corrected chi connectivity index (χ0v) is 15.8. The number of carbonyl (C=O) groups excluding carboxylic acids is 3. The molecular weight excluding hydrogens is 346 g/mol. The number of anilines is 2. The maximum Gasteiger partial charge on any atom is 0.341 e. The van der Waals surface area contributed by atoms with Gasteiger partial charge in [-0.15, -0.1) is 0 Å². The van der Waals surface area contributed by atoms with Crippen molar-refractivity contribution in [2.45, 2.75) is 26.9 Å². The van der Waals surface area contributed by atoms with Crippen LogP contribution in [-0.4, -0.2) is 31.1 Å². The zero-order valence-electron chi connectivity index (χ0n) is 15.8. The second kappa shape index (κ2) is 8.84. The summed E-state index contributed by atoms with van der Waals surface area (Å²) in [5.74, 6) is -1.37. The molecule has 0 saturated carbocycles. The van der Waals surface area contributed by atoms with E-state index in [2.05, 4.69) is 16.0 Å². The van der Waals surface area contributed by atoms with Crippen LogP contribution in [0.4, 0.5) is 16.2 Å². The first-order chi connectivity index (χ1) is 12.8. The van der Waals surface area contributed by atoms with Crippen LogP contribution < -0.4 is 16.0 Å². The predicted octanol–water partition coefficient (Wildman–Crippen LogP) is 3.05. The summed E-state index contributed by atoms with van der Waals surface area (Å²) >= 11 is 0. The molecule has 0 bridgehead atoms. The van der Waals surface area contributed by atoms with Crippen LogP contribution >= 0.6 is 0 Å². The molecule has 0 unspecified atom stereocenters. The normalized spacial score (nSPS) is 11.3. The van der Waals surface area contributed by atoms with Crippen LogP contribution in [0.15, 0.2) is 42.5 Å². The van der Waals surface area contributed by atoms with E-state index in [-0.39, 0.29) is 5.56 Å². The van der Waals surface area contributed by atoms with Crippen LogP contribution in [0.1, 0.15) is 28.4 Å². The second-order valence-corrected chi connectivity index (χ2v) is 6.03. The van der Waals surface area contributed by atoms with Gasteiger partial charge in [-0.2, -0.15) is 0 Å². The Morgan fingerprint density at radius 3 is 2.33 bits per heavy atom. The highest BCUT2D eigenvalue weighted by molar-refractivity contribution is 6.00. The van der Waals surface area contributed by atoms with Crippen molar-refractivity contribution in [3.8, 4) is 0 Å². The third-order valence-corrected chi connectivity index (χ3v) is 4.14. The number of hydrogen-bond acceptors (Lipinski definition) is 5. The van der Waals surface area contributed by atoms with Gasteiger partial charge in [-0.3, -0.25) is 10.1 Å². The van der Waals surface area contributed by atoms with Crippen molar-refractivity contribution in [3.05, 3.63) is 59.2 Å². The minimum Gasteiger partial charge on any atom is -0.449 e. The molecule has 2 rings (SSSR count). The lowest BCUT2D eigenvalue weighted by molar-refractivity contribution is -0.127. The molecule has 0 radical (unpaired) electrons. The van der Waals surface area contributed by atoms with Crippen LogP contribution in [0.2, 0.25) is 0 Å². The molecule has 7 nitrogen and oxygen atoms in total. The van der Waals surface area contributed by atoms with E-state index in [1.165, 1.54) is 14.0 Å². The van der Waals surface area contributed by atoms with Crippen molar-refractivity contribution in [2.24, 2.45) is 0 Å². The summed E-state index contributed by atoms with van der Waals surface area (Å²) in [4.78, 5) is 35.6. The molecule has 0 saturated heterocycles. The number of rotatable bonds is 5. The smallest absolute Gasteiger partial charge is 0.341 e. The number of esters is 1. The minimum atomic E-state index is -1.12. The van der Waals surface area contributed by atoms with Gasteiger partial charge < -0.3 is 15.4 Å². The number of imide groups is 1. The molecular formula is C20H23N3O4. The molecule has 1 atom stereocenters. The van der Waals surface area contributed by atoms with Gasteiger partial charge in [-0.25, -0.2) is 9.59 Å². The van der Waals surface area contributed by atoms with Crippen molar-refractivity contribution in [3.63, 3.8) is 0 Å². The summed E-state index contributed by atoms with van der Waals surface area (Å²) in [7, 11) is 1.38. The fourth-order valence-electron chi connectivity index (χ4n) is 2.36. The number of carbonyl (C=O) groups is 3. The summed E-state index contributed by atoms with van der Waals surface area (Å²) in [6, 6.07) is 12.1. The zero-order chi connectivity index (χ0) is 20.0.